The normalized spacial score (nSPS) is 17.1. The standard InChI is InChI=1S/C16H22N2OS/c1-13(20-15-11-7-4-8-12-15)16(19)18-17-14-9-5-2-3-6-10-14/h4,7-8,11-13H,2-3,5-6,9-10H2,1H3,(H,18,19)/t13-/m0/s1. The summed E-state index contributed by atoms with van der Waals surface area (Å²) in [4.78, 5) is 13.1. The first kappa shape index (κ1) is 15.1. The van der Waals surface area contributed by atoms with Crippen molar-refractivity contribution in [1.29, 1.82) is 0 Å². The number of carbonyl (C=O) groups is 1. The summed E-state index contributed by atoms with van der Waals surface area (Å²) < 4.78 is 0. The third kappa shape index (κ3) is 5.00. The van der Waals surface area contributed by atoms with Gasteiger partial charge in [-0.2, -0.15) is 5.10 Å². The van der Waals surface area contributed by atoms with Gasteiger partial charge in [0.1, 0.15) is 0 Å². The molecule has 3 nitrogen and oxygen atoms in total. The minimum Gasteiger partial charge on any atom is -0.272 e. The van der Waals surface area contributed by atoms with E-state index in [1.54, 1.807) is 11.8 Å². The molecule has 1 aliphatic rings. The number of carbonyl (C=O) groups excluding carboxylic acids is 1. The number of rotatable bonds is 4. The summed E-state index contributed by atoms with van der Waals surface area (Å²) in [5, 5.41) is 4.18. The fraction of sp³-hybridized carbons (Fsp3) is 0.500. The number of hydrogen-bond donors (Lipinski definition) is 1. The molecule has 0 heterocycles. The first-order chi connectivity index (χ1) is 9.75. The quantitative estimate of drug-likeness (QED) is 0.517. The SMILES string of the molecule is C[C@H](Sc1ccccc1)C(=O)NN=C1CCCCCC1. The second-order valence-corrected chi connectivity index (χ2v) is 6.56. The van der Waals surface area contributed by atoms with Crippen molar-refractivity contribution >= 4 is 23.4 Å². The first-order valence-corrected chi connectivity index (χ1v) is 8.20. The highest BCUT2D eigenvalue weighted by Crippen LogP contribution is 2.22. The molecule has 108 valence electrons. The van der Waals surface area contributed by atoms with Crippen LogP contribution in [0.4, 0.5) is 0 Å². The van der Waals surface area contributed by atoms with E-state index >= 15 is 0 Å². The van der Waals surface area contributed by atoms with E-state index in [1.165, 1.54) is 25.7 Å². The fourth-order valence-corrected chi connectivity index (χ4v) is 3.11. The molecule has 0 bridgehead atoms. The maximum absolute atomic E-state index is 12.0. The number of thioether (sulfide) groups is 1. The van der Waals surface area contributed by atoms with Crippen LogP contribution in [-0.4, -0.2) is 16.9 Å². The average Bonchev–Trinajstić information content (AvgIpc) is 2.74. The molecular weight excluding hydrogens is 268 g/mol. The van der Waals surface area contributed by atoms with Gasteiger partial charge in [0.15, 0.2) is 0 Å². The number of hydrazone groups is 1. The van der Waals surface area contributed by atoms with Crippen molar-refractivity contribution in [2.24, 2.45) is 5.10 Å². The first-order valence-electron chi connectivity index (χ1n) is 7.32. The Morgan fingerprint density at radius 2 is 1.80 bits per heavy atom. The maximum atomic E-state index is 12.0. The molecular formula is C16H22N2OS. The average molecular weight is 290 g/mol. The van der Waals surface area contributed by atoms with Gasteiger partial charge in [0.05, 0.1) is 5.25 Å². The molecule has 0 unspecified atom stereocenters. The van der Waals surface area contributed by atoms with Crippen molar-refractivity contribution in [2.75, 3.05) is 0 Å². The van der Waals surface area contributed by atoms with Crippen LogP contribution in [0.5, 0.6) is 0 Å². The smallest absolute Gasteiger partial charge is 0.253 e. The van der Waals surface area contributed by atoms with E-state index in [2.05, 4.69) is 10.5 Å². The Labute approximate surface area is 125 Å². The van der Waals surface area contributed by atoms with Crippen LogP contribution in [0.25, 0.3) is 0 Å². The molecule has 0 aromatic heterocycles. The Bertz CT molecular complexity index is 449. The third-order valence-electron chi connectivity index (χ3n) is 3.43. The number of hydrogen-bond acceptors (Lipinski definition) is 3. The van der Waals surface area contributed by atoms with Crippen LogP contribution < -0.4 is 5.43 Å². The summed E-state index contributed by atoms with van der Waals surface area (Å²) in [6.45, 7) is 1.92. The van der Waals surface area contributed by atoms with E-state index in [0.29, 0.717) is 0 Å². The lowest BCUT2D eigenvalue weighted by atomic mass is 10.2. The van der Waals surface area contributed by atoms with Gasteiger partial charge in [-0.25, -0.2) is 5.43 Å². The van der Waals surface area contributed by atoms with Gasteiger partial charge >= 0.3 is 0 Å². The van der Waals surface area contributed by atoms with Crippen LogP contribution in [-0.2, 0) is 4.79 Å². The van der Waals surface area contributed by atoms with Crippen molar-refractivity contribution in [1.82, 2.24) is 5.43 Å². The van der Waals surface area contributed by atoms with Gasteiger partial charge in [-0.05, 0) is 44.7 Å². The summed E-state index contributed by atoms with van der Waals surface area (Å²) in [6, 6.07) is 9.99. The predicted octanol–water partition coefficient (Wildman–Crippen LogP) is 3.99. The molecule has 0 saturated heterocycles. The minimum absolute atomic E-state index is 0.0180. The minimum atomic E-state index is -0.132. The second-order valence-electron chi connectivity index (χ2n) is 5.14. The van der Waals surface area contributed by atoms with Crippen LogP contribution in [0.15, 0.2) is 40.3 Å². The van der Waals surface area contributed by atoms with Crippen LogP contribution in [0.2, 0.25) is 0 Å². The molecule has 1 aliphatic carbocycles. The van der Waals surface area contributed by atoms with Crippen LogP contribution in [0.1, 0.15) is 45.4 Å². The molecule has 1 aromatic carbocycles. The highest BCUT2D eigenvalue weighted by molar-refractivity contribution is 8.00. The largest absolute Gasteiger partial charge is 0.272 e. The highest BCUT2D eigenvalue weighted by Gasteiger charge is 2.14. The molecule has 1 N–H and O–H groups in total. The topological polar surface area (TPSA) is 41.5 Å². The zero-order valence-corrected chi connectivity index (χ0v) is 12.8. The summed E-state index contributed by atoms with van der Waals surface area (Å²) in [6.07, 6.45) is 7.02. The van der Waals surface area contributed by atoms with Crippen LogP contribution >= 0.6 is 11.8 Å². The molecule has 2 rings (SSSR count). The zero-order chi connectivity index (χ0) is 14.2. The van der Waals surface area contributed by atoms with E-state index in [9.17, 15) is 4.79 Å². The Kier molecular flexibility index (Phi) is 6.12. The van der Waals surface area contributed by atoms with Gasteiger partial charge in [-0.3, -0.25) is 4.79 Å². The molecule has 1 atom stereocenters. The summed E-state index contributed by atoms with van der Waals surface area (Å²) >= 11 is 1.56. The molecule has 0 spiro atoms. The van der Waals surface area contributed by atoms with E-state index in [4.69, 9.17) is 0 Å². The van der Waals surface area contributed by atoms with Crippen molar-refractivity contribution in [3.63, 3.8) is 0 Å². The molecule has 20 heavy (non-hydrogen) atoms. The lowest BCUT2D eigenvalue weighted by Gasteiger charge is -2.10. The molecule has 1 amide bonds. The van der Waals surface area contributed by atoms with Gasteiger partial charge in [0.2, 0.25) is 0 Å². The lowest BCUT2D eigenvalue weighted by Crippen LogP contribution is -2.27. The van der Waals surface area contributed by atoms with Crippen LogP contribution in [0.3, 0.4) is 0 Å². The second kappa shape index (κ2) is 8.10. The molecule has 0 radical (unpaired) electrons. The number of nitrogens with zero attached hydrogens (tertiary/aromatic N) is 1. The number of benzene rings is 1. The molecule has 1 fully saturated rings. The molecule has 1 saturated carbocycles. The summed E-state index contributed by atoms with van der Waals surface area (Å²) in [7, 11) is 0. The summed E-state index contributed by atoms with van der Waals surface area (Å²) in [5.41, 5.74) is 3.87. The summed E-state index contributed by atoms with van der Waals surface area (Å²) in [5.74, 6) is -0.0180. The fourth-order valence-electron chi connectivity index (χ4n) is 2.23. The number of nitrogens with one attached hydrogen (secondary N) is 1. The van der Waals surface area contributed by atoms with E-state index in [0.717, 1.165) is 23.4 Å². The lowest BCUT2D eigenvalue weighted by molar-refractivity contribution is -0.120. The zero-order valence-electron chi connectivity index (χ0n) is 12.0. The Balaban J connectivity index is 1.83. The monoisotopic (exact) mass is 290 g/mol. The van der Waals surface area contributed by atoms with Crippen molar-refractivity contribution < 1.29 is 4.79 Å². The van der Waals surface area contributed by atoms with Gasteiger partial charge in [-0.15, -0.1) is 11.8 Å². The van der Waals surface area contributed by atoms with E-state index in [1.807, 2.05) is 37.3 Å². The van der Waals surface area contributed by atoms with Gasteiger partial charge < -0.3 is 0 Å². The maximum Gasteiger partial charge on any atom is 0.253 e. The number of amides is 1. The highest BCUT2D eigenvalue weighted by atomic mass is 32.2. The van der Waals surface area contributed by atoms with Crippen molar-refractivity contribution in [2.45, 2.75) is 55.6 Å². The van der Waals surface area contributed by atoms with Crippen molar-refractivity contribution in [3.8, 4) is 0 Å². The Hall–Kier alpha value is -1.29. The molecule has 1 aromatic rings. The Morgan fingerprint density at radius 3 is 2.45 bits per heavy atom. The predicted molar refractivity (Wildman–Crippen MR) is 85.0 cm³/mol. The van der Waals surface area contributed by atoms with Gasteiger partial charge in [0, 0.05) is 10.6 Å². The molecule has 0 aliphatic heterocycles. The van der Waals surface area contributed by atoms with Gasteiger partial charge in [-0.1, -0.05) is 31.0 Å². The van der Waals surface area contributed by atoms with E-state index < -0.39 is 0 Å². The van der Waals surface area contributed by atoms with E-state index in [-0.39, 0.29) is 11.2 Å². The van der Waals surface area contributed by atoms with Crippen molar-refractivity contribution in [3.05, 3.63) is 30.3 Å². The van der Waals surface area contributed by atoms with Gasteiger partial charge in [0.25, 0.3) is 5.91 Å². The molecule has 4 heteroatoms. The third-order valence-corrected chi connectivity index (χ3v) is 4.54. The Morgan fingerprint density at radius 1 is 1.15 bits per heavy atom. The van der Waals surface area contributed by atoms with Crippen LogP contribution in [0, 0.1) is 0 Å².